The van der Waals surface area contributed by atoms with Crippen molar-refractivity contribution in [2.45, 2.75) is 25.2 Å². The van der Waals surface area contributed by atoms with E-state index in [-0.39, 0.29) is 5.41 Å². The number of hydrogen-bond donors (Lipinski definition) is 1. The molecule has 0 radical (unpaired) electrons. The predicted octanol–water partition coefficient (Wildman–Crippen LogP) is 4.27. The van der Waals surface area contributed by atoms with E-state index in [0.29, 0.717) is 0 Å². The second-order valence-electron chi connectivity index (χ2n) is 5.69. The molecular formula is C17H16N2S. The van der Waals surface area contributed by atoms with E-state index < -0.39 is 0 Å². The van der Waals surface area contributed by atoms with Crippen molar-refractivity contribution < 1.29 is 0 Å². The van der Waals surface area contributed by atoms with Crippen LogP contribution in [0.4, 0.5) is 5.69 Å². The van der Waals surface area contributed by atoms with Gasteiger partial charge in [-0.1, -0.05) is 18.2 Å². The monoisotopic (exact) mass is 280 g/mol. The fourth-order valence-corrected chi connectivity index (χ4v) is 4.01. The number of anilines is 1. The minimum absolute atomic E-state index is 0.144. The van der Waals surface area contributed by atoms with Crippen molar-refractivity contribution in [1.82, 2.24) is 4.98 Å². The molecule has 3 heteroatoms. The Morgan fingerprint density at radius 2 is 1.85 bits per heavy atom. The van der Waals surface area contributed by atoms with Crippen LogP contribution in [0.15, 0.2) is 42.5 Å². The zero-order chi connectivity index (χ0) is 13.7. The zero-order valence-electron chi connectivity index (χ0n) is 11.4. The van der Waals surface area contributed by atoms with E-state index in [1.165, 1.54) is 33.7 Å². The summed E-state index contributed by atoms with van der Waals surface area (Å²) in [7, 11) is 0. The fraction of sp³-hybridized carbons (Fsp3) is 0.235. The number of rotatable bonds is 2. The molecule has 1 saturated carbocycles. The molecule has 1 aliphatic carbocycles. The van der Waals surface area contributed by atoms with E-state index in [0.717, 1.165) is 11.2 Å². The van der Waals surface area contributed by atoms with Gasteiger partial charge in [0.25, 0.3) is 0 Å². The first-order valence-electron chi connectivity index (χ1n) is 6.91. The van der Waals surface area contributed by atoms with Gasteiger partial charge in [0.05, 0.1) is 10.2 Å². The largest absolute Gasteiger partial charge is 0.399 e. The predicted molar refractivity (Wildman–Crippen MR) is 85.2 cm³/mol. The van der Waals surface area contributed by atoms with Gasteiger partial charge < -0.3 is 5.73 Å². The molecule has 0 bridgehead atoms. The molecule has 100 valence electrons. The van der Waals surface area contributed by atoms with Crippen LogP contribution in [-0.2, 0) is 5.41 Å². The lowest BCUT2D eigenvalue weighted by atomic mass is 9.96. The summed E-state index contributed by atoms with van der Waals surface area (Å²) in [6.07, 6.45) is 2.38. The summed E-state index contributed by atoms with van der Waals surface area (Å²) in [4.78, 5) is 4.89. The van der Waals surface area contributed by atoms with Gasteiger partial charge in [0, 0.05) is 11.1 Å². The Morgan fingerprint density at radius 1 is 1.10 bits per heavy atom. The molecule has 20 heavy (non-hydrogen) atoms. The van der Waals surface area contributed by atoms with Gasteiger partial charge in [-0.05, 0) is 55.2 Å². The van der Waals surface area contributed by atoms with Crippen LogP contribution in [0.1, 0.15) is 29.0 Å². The first-order valence-corrected chi connectivity index (χ1v) is 7.73. The SMILES string of the molecule is Cc1ccc2sc(C3(c4ccc(N)cc4)CC3)nc2c1. The summed E-state index contributed by atoms with van der Waals surface area (Å²) in [5.41, 5.74) is 10.5. The molecule has 0 unspecified atom stereocenters. The lowest BCUT2D eigenvalue weighted by Gasteiger charge is -2.12. The number of nitrogens with zero attached hydrogens (tertiary/aromatic N) is 1. The summed E-state index contributed by atoms with van der Waals surface area (Å²) in [6.45, 7) is 2.12. The average Bonchev–Trinajstić information content (AvgIpc) is 3.14. The first-order chi connectivity index (χ1) is 9.67. The minimum Gasteiger partial charge on any atom is -0.399 e. The van der Waals surface area contributed by atoms with E-state index in [1.807, 2.05) is 23.5 Å². The van der Waals surface area contributed by atoms with E-state index >= 15 is 0 Å². The number of benzene rings is 2. The average molecular weight is 280 g/mol. The highest BCUT2D eigenvalue weighted by Gasteiger charge is 2.48. The van der Waals surface area contributed by atoms with Crippen LogP contribution in [0.5, 0.6) is 0 Å². The molecule has 0 atom stereocenters. The molecule has 1 heterocycles. The van der Waals surface area contributed by atoms with Gasteiger partial charge in [0.15, 0.2) is 0 Å². The van der Waals surface area contributed by atoms with E-state index in [4.69, 9.17) is 10.7 Å². The van der Waals surface area contributed by atoms with E-state index in [9.17, 15) is 0 Å². The maximum Gasteiger partial charge on any atom is 0.104 e. The summed E-state index contributed by atoms with van der Waals surface area (Å²) in [5.74, 6) is 0. The van der Waals surface area contributed by atoms with Crippen LogP contribution in [0.3, 0.4) is 0 Å². The zero-order valence-corrected chi connectivity index (χ0v) is 12.2. The smallest absolute Gasteiger partial charge is 0.104 e. The van der Waals surface area contributed by atoms with Crippen molar-refractivity contribution in [2.24, 2.45) is 0 Å². The Labute approximate surface area is 122 Å². The molecule has 0 saturated heterocycles. The van der Waals surface area contributed by atoms with Crippen molar-refractivity contribution in [2.75, 3.05) is 5.73 Å². The molecule has 0 amide bonds. The first kappa shape index (κ1) is 11.9. The third kappa shape index (κ3) is 1.74. The molecule has 4 rings (SSSR count). The number of thiazole rings is 1. The highest BCUT2D eigenvalue weighted by atomic mass is 32.1. The van der Waals surface area contributed by atoms with Gasteiger partial charge in [0.1, 0.15) is 5.01 Å². The van der Waals surface area contributed by atoms with Crippen LogP contribution in [-0.4, -0.2) is 4.98 Å². The Bertz CT molecular complexity index is 782. The maximum atomic E-state index is 5.79. The Balaban J connectivity index is 1.83. The van der Waals surface area contributed by atoms with Gasteiger partial charge in [-0.15, -0.1) is 11.3 Å². The summed E-state index contributed by atoms with van der Waals surface area (Å²) >= 11 is 1.83. The molecule has 1 aliphatic rings. The molecule has 2 aromatic carbocycles. The second kappa shape index (κ2) is 4.06. The number of hydrogen-bond acceptors (Lipinski definition) is 3. The summed E-state index contributed by atoms with van der Waals surface area (Å²) in [5, 5.41) is 1.25. The molecule has 1 fully saturated rings. The molecule has 0 aliphatic heterocycles. The Hall–Kier alpha value is -1.87. The highest BCUT2D eigenvalue weighted by molar-refractivity contribution is 7.18. The third-order valence-corrected chi connectivity index (χ3v) is 5.41. The van der Waals surface area contributed by atoms with E-state index in [2.05, 4.69) is 37.3 Å². The standard InChI is InChI=1S/C17H16N2S/c1-11-2-7-15-14(10-11)19-16(20-15)17(8-9-17)12-3-5-13(18)6-4-12/h2-7,10H,8-9,18H2,1H3. The third-order valence-electron chi connectivity index (χ3n) is 4.17. The van der Waals surface area contributed by atoms with Crippen LogP contribution in [0.2, 0.25) is 0 Å². The van der Waals surface area contributed by atoms with Crippen molar-refractivity contribution >= 4 is 27.2 Å². The highest BCUT2D eigenvalue weighted by Crippen LogP contribution is 2.55. The Morgan fingerprint density at radius 3 is 2.55 bits per heavy atom. The van der Waals surface area contributed by atoms with Gasteiger partial charge in [-0.3, -0.25) is 0 Å². The van der Waals surface area contributed by atoms with Crippen LogP contribution in [0, 0.1) is 6.92 Å². The number of fused-ring (bicyclic) bond motifs is 1. The molecular weight excluding hydrogens is 264 g/mol. The van der Waals surface area contributed by atoms with Crippen molar-refractivity contribution in [3.8, 4) is 0 Å². The van der Waals surface area contributed by atoms with Gasteiger partial charge in [-0.25, -0.2) is 4.98 Å². The van der Waals surface area contributed by atoms with Crippen molar-refractivity contribution in [1.29, 1.82) is 0 Å². The molecule has 3 aromatic rings. The van der Waals surface area contributed by atoms with Crippen molar-refractivity contribution in [3.63, 3.8) is 0 Å². The number of nitrogen functional groups attached to an aromatic ring is 1. The fourth-order valence-electron chi connectivity index (χ4n) is 2.80. The molecule has 2 N–H and O–H groups in total. The number of nitrogens with two attached hydrogens (primary N) is 1. The van der Waals surface area contributed by atoms with Crippen LogP contribution >= 0.6 is 11.3 Å². The molecule has 0 spiro atoms. The van der Waals surface area contributed by atoms with Crippen LogP contribution < -0.4 is 5.73 Å². The number of aromatic nitrogens is 1. The second-order valence-corrected chi connectivity index (χ2v) is 6.72. The van der Waals surface area contributed by atoms with Gasteiger partial charge in [0.2, 0.25) is 0 Å². The van der Waals surface area contributed by atoms with Gasteiger partial charge in [-0.2, -0.15) is 0 Å². The van der Waals surface area contributed by atoms with Crippen molar-refractivity contribution in [3.05, 3.63) is 58.6 Å². The minimum atomic E-state index is 0.144. The van der Waals surface area contributed by atoms with E-state index in [1.54, 1.807) is 0 Å². The lowest BCUT2D eigenvalue weighted by molar-refractivity contribution is 0.838. The maximum absolute atomic E-state index is 5.79. The van der Waals surface area contributed by atoms with Gasteiger partial charge >= 0.3 is 0 Å². The number of aryl methyl sites for hydroxylation is 1. The molecule has 1 aromatic heterocycles. The molecule has 2 nitrogen and oxygen atoms in total. The summed E-state index contributed by atoms with van der Waals surface area (Å²) in [6, 6.07) is 14.8. The normalized spacial score (nSPS) is 16.4. The van der Waals surface area contributed by atoms with Crippen LogP contribution in [0.25, 0.3) is 10.2 Å². The Kier molecular flexibility index (Phi) is 2.42. The topological polar surface area (TPSA) is 38.9 Å². The quantitative estimate of drug-likeness (QED) is 0.712. The summed E-state index contributed by atoms with van der Waals surface area (Å²) < 4.78 is 1.28. The lowest BCUT2D eigenvalue weighted by Crippen LogP contribution is -2.07.